The van der Waals surface area contributed by atoms with Crippen molar-refractivity contribution < 1.29 is 19.4 Å². The Morgan fingerprint density at radius 1 is 1.40 bits per heavy atom. The average molecular weight is 206 g/mol. The van der Waals surface area contributed by atoms with Crippen molar-refractivity contribution >= 4 is 11.9 Å². The van der Waals surface area contributed by atoms with Gasteiger partial charge in [-0.15, -0.1) is 0 Å². The number of aliphatic carboxylic acids is 1. The molecule has 0 fully saturated rings. The fourth-order valence-corrected chi connectivity index (χ4v) is 2.00. The third-order valence-electron chi connectivity index (χ3n) is 2.83. The van der Waals surface area contributed by atoms with Gasteiger partial charge >= 0.3 is 11.9 Å². The van der Waals surface area contributed by atoms with E-state index in [0.29, 0.717) is 5.56 Å². The Morgan fingerprint density at radius 2 is 2.07 bits per heavy atom. The number of carbonyl (C=O) groups excluding carboxylic acids is 1. The number of benzene rings is 1. The molecule has 1 aromatic carbocycles. The van der Waals surface area contributed by atoms with Crippen molar-refractivity contribution in [2.75, 3.05) is 7.11 Å². The zero-order chi connectivity index (χ0) is 11.1. The molecular formula is C11H10O4. The molecule has 78 valence electrons. The maximum Gasteiger partial charge on any atom is 0.328 e. The monoisotopic (exact) mass is 206 g/mol. The van der Waals surface area contributed by atoms with E-state index in [1.807, 2.05) is 12.1 Å². The molecule has 0 amide bonds. The molecule has 0 saturated carbocycles. The summed E-state index contributed by atoms with van der Waals surface area (Å²) in [6.45, 7) is 0. The lowest BCUT2D eigenvalue weighted by Gasteiger charge is -2.37. The van der Waals surface area contributed by atoms with Crippen LogP contribution in [0.15, 0.2) is 24.3 Å². The first kappa shape index (κ1) is 9.71. The molecule has 1 atom stereocenters. The van der Waals surface area contributed by atoms with Crippen LogP contribution in [-0.4, -0.2) is 24.2 Å². The topological polar surface area (TPSA) is 63.6 Å². The second-order valence-electron chi connectivity index (χ2n) is 3.54. The number of carboxylic acid groups (broad SMARTS) is 1. The summed E-state index contributed by atoms with van der Waals surface area (Å²) in [5.41, 5.74) is -0.0413. The van der Waals surface area contributed by atoms with Crippen LogP contribution in [0.25, 0.3) is 0 Å². The van der Waals surface area contributed by atoms with Crippen LogP contribution < -0.4 is 0 Å². The molecule has 0 aliphatic heterocycles. The van der Waals surface area contributed by atoms with Crippen LogP contribution in [0.2, 0.25) is 0 Å². The first-order chi connectivity index (χ1) is 7.13. The van der Waals surface area contributed by atoms with Gasteiger partial charge in [-0.2, -0.15) is 0 Å². The third kappa shape index (κ3) is 1.08. The van der Waals surface area contributed by atoms with Gasteiger partial charge in [-0.3, -0.25) is 9.59 Å². The largest absolute Gasteiger partial charge is 0.480 e. The van der Waals surface area contributed by atoms with Crippen molar-refractivity contribution in [3.05, 3.63) is 35.4 Å². The number of fused-ring (bicyclic) bond motifs is 1. The number of methoxy groups -OCH3 is 1. The standard InChI is InChI=1S/C11H10O4/c1-15-10(14)11(9(12)13)6-7-4-2-3-5-8(7)11/h2-5H,6H2,1H3,(H,12,13). The van der Waals surface area contributed by atoms with E-state index in [4.69, 9.17) is 5.11 Å². The first-order valence-electron chi connectivity index (χ1n) is 4.53. The van der Waals surface area contributed by atoms with E-state index in [-0.39, 0.29) is 6.42 Å². The molecule has 1 aromatic rings. The third-order valence-corrected chi connectivity index (χ3v) is 2.83. The molecule has 1 N–H and O–H groups in total. The molecule has 15 heavy (non-hydrogen) atoms. The van der Waals surface area contributed by atoms with Crippen molar-refractivity contribution in [2.45, 2.75) is 11.8 Å². The summed E-state index contributed by atoms with van der Waals surface area (Å²) < 4.78 is 4.56. The highest BCUT2D eigenvalue weighted by Gasteiger charge is 2.56. The molecule has 4 heteroatoms. The van der Waals surface area contributed by atoms with E-state index in [9.17, 15) is 9.59 Å². The predicted molar refractivity (Wildman–Crippen MR) is 51.5 cm³/mol. The Bertz CT molecular complexity index is 438. The quantitative estimate of drug-likeness (QED) is 0.572. The van der Waals surface area contributed by atoms with Crippen LogP contribution in [0.1, 0.15) is 11.1 Å². The van der Waals surface area contributed by atoms with Crippen LogP contribution in [0.4, 0.5) is 0 Å². The number of rotatable bonds is 2. The van der Waals surface area contributed by atoms with Crippen molar-refractivity contribution in [3.63, 3.8) is 0 Å². The lowest BCUT2D eigenvalue weighted by atomic mass is 9.64. The van der Waals surface area contributed by atoms with Crippen molar-refractivity contribution in [2.24, 2.45) is 0 Å². The van der Waals surface area contributed by atoms with Gasteiger partial charge in [0.05, 0.1) is 7.11 Å². The van der Waals surface area contributed by atoms with E-state index in [1.54, 1.807) is 12.1 Å². The fraction of sp³-hybridized carbons (Fsp3) is 0.273. The molecule has 0 aromatic heterocycles. The molecule has 1 unspecified atom stereocenters. The Morgan fingerprint density at radius 3 is 2.60 bits per heavy atom. The molecule has 2 rings (SSSR count). The normalized spacial score (nSPS) is 22.5. The Balaban J connectivity index is 2.52. The van der Waals surface area contributed by atoms with Gasteiger partial charge in [-0.1, -0.05) is 24.3 Å². The summed E-state index contributed by atoms with van der Waals surface area (Å²) in [6.07, 6.45) is 0.213. The molecule has 0 spiro atoms. The second kappa shape index (κ2) is 3.08. The smallest absolute Gasteiger partial charge is 0.328 e. The van der Waals surface area contributed by atoms with E-state index in [2.05, 4.69) is 4.74 Å². The zero-order valence-electron chi connectivity index (χ0n) is 8.19. The van der Waals surface area contributed by atoms with E-state index in [1.165, 1.54) is 7.11 Å². The number of ether oxygens (including phenoxy) is 1. The lowest BCUT2D eigenvalue weighted by Crippen LogP contribution is -2.53. The van der Waals surface area contributed by atoms with Gasteiger partial charge < -0.3 is 9.84 Å². The van der Waals surface area contributed by atoms with Gasteiger partial charge in [-0.05, 0) is 11.1 Å². The van der Waals surface area contributed by atoms with Crippen LogP contribution >= 0.6 is 0 Å². The lowest BCUT2D eigenvalue weighted by molar-refractivity contribution is -0.161. The molecule has 1 aliphatic carbocycles. The van der Waals surface area contributed by atoms with Gasteiger partial charge in [0.15, 0.2) is 5.41 Å². The number of hydrogen-bond donors (Lipinski definition) is 1. The summed E-state index contributed by atoms with van der Waals surface area (Å²) in [4.78, 5) is 22.7. The summed E-state index contributed by atoms with van der Waals surface area (Å²) in [7, 11) is 1.20. The molecule has 0 bridgehead atoms. The van der Waals surface area contributed by atoms with Crippen LogP contribution in [-0.2, 0) is 26.2 Å². The summed E-state index contributed by atoms with van der Waals surface area (Å²) in [5, 5.41) is 9.13. The minimum Gasteiger partial charge on any atom is -0.480 e. The Labute approximate surface area is 86.5 Å². The molecule has 0 saturated heterocycles. The Hall–Kier alpha value is -1.84. The van der Waals surface area contributed by atoms with E-state index in [0.717, 1.165) is 5.56 Å². The van der Waals surface area contributed by atoms with Gasteiger partial charge in [0, 0.05) is 6.42 Å². The number of carbonyl (C=O) groups is 2. The van der Waals surface area contributed by atoms with Crippen LogP contribution in [0.5, 0.6) is 0 Å². The summed E-state index contributed by atoms with van der Waals surface area (Å²) in [5.74, 6) is -1.85. The molecule has 4 nitrogen and oxygen atoms in total. The predicted octanol–water partition coefficient (Wildman–Crippen LogP) is 0.738. The number of hydrogen-bond acceptors (Lipinski definition) is 3. The second-order valence-corrected chi connectivity index (χ2v) is 3.54. The van der Waals surface area contributed by atoms with Gasteiger partial charge in [0.25, 0.3) is 0 Å². The molecule has 0 radical (unpaired) electrons. The van der Waals surface area contributed by atoms with Crippen molar-refractivity contribution in [3.8, 4) is 0 Å². The summed E-state index contributed by atoms with van der Waals surface area (Å²) >= 11 is 0. The average Bonchev–Trinajstić information content (AvgIpc) is 2.19. The molecule has 1 aliphatic rings. The highest BCUT2D eigenvalue weighted by molar-refractivity contribution is 6.08. The van der Waals surface area contributed by atoms with Gasteiger partial charge in [0.1, 0.15) is 0 Å². The highest BCUT2D eigenvalue weighted by atomic mass is 16.5. The van der Waals surface area contributed by atoms with Crippen molar-refractivity contribution in [1.82, 2.24) is 0 Å². The maximum atomic E-state index is 11.5. The highest BCUT2D eigenvalue weighted by Crippen LogP contribution is 2.42. The minimum absolute atomic E-state index is 0.213. The SMILES string of the molecule is COC(=O)C1(C(=O)O)Cc2ccccc21. The first-order valence-corrected chi connectivity index (χ1v) is 4.53. The number of carboxylic acids is 1. The molecule has 0 heterocycles. The summed E-state index contributed by atoms with van der Waals surface area (Å²) in [6, 6.07) is 7.02. The Kier molecular flexibility index (Phi) is 2.00. The van der Waals surface area contributed by atoms with Crippen molar-refractivity contribution in [1.29, 1.82) is 0 Å². The number of esters is 1. The van der Waals surface area contributed by atoms with E-state index >= 15 is 0 Å². The van der Waals surface area contributed by atoms with E-state index < -0.39 is 17.4 Å². The van der Waals surface area contributed by atoms with Crippen LogP contribution in [0.3, 0.4) is 0 Å². The van der Waals surface area contributed by atoms with Gasteiger partial charge in [0.2, 0.25) is 0 Å². The van der Waals surface area contributed by atoms with Crippen LogP contribution in [0, 0.1) is 0 Å². The zero-order valence-corrected chi connectivity index (χ0v) is 8.19. The van der Waals surface area contributed by atoms with Gasteiger partial charge in [-0.25, -0.2) is 0 Å². The minimum atomic E-state index is -1.48. The molecular weight excluding hydrogens is 196 g/mol. The maximum absolute atomic E-state index is 11.5. The fourth-order valence-electron chi connectivity index (χ4n) is 2.00.